The monoisotopic (exact) mass is 188 g/mol. The maximum absolute atomic E-state index is 10.5. The zero-order valence-electron chi connectivity index (χ0n) is 7.99. The Hall–Kier alpha value is -0.610. The van der Waals surface area contributed by atoms with E-state index in [1.54, 1.807) is 0 Å². The summed E-state index contributed by atoms with van der Waals surface area (Å²) in [6.45, 7) is 3.42. The van der Waals surface area contributed by atoms with E-state index >= 15 is 0 Å². The quantitative estimate of drug-likeness (QED) is 0.606. The Balaban J connectivity index is 2.32. The minimum Gasteiger partial charge on any atom is -0.465 e. The second kappa shape index (κ2) is 3.64. The molecule has 0 saturated heterocycles. The van der Waals surface area contributed by atoms with Gasteiger partial charge in [0.15, 0.2) is 0 Å². The van der Waals surface area contributed by atoms with Gasteiger partial charge in [-0.3, -0.25) is 4.79 Å². The number of carbonyl (C=O) groups is 1. The summed E-state index contributed by atoms with van der Waals surface area (Å²) in [6, 6.07) is 0. The molecule has 13 heavy (non-hydrogen) atoms. The molecular formula is C9H16O4. The molecule has 1 saturated carbocycles. The van der Waals surface area contributed by atoms with Gasteiger partial charge in [0.2, 0.25) is 0 Å². The molecule has 0 aromatic rings. The minimum absolute atomic E-state index is 0.0665. The van der Waals surface area contributed by atoms with Crippen LogP contribution in [0.4, 0.5) is 0 Å². The molecule has 76 valence electrons. The summed E-state index contributed by atoms with van der Waals surface area (Å²) in [6.07, 6.45) is 0.128. The van der Waals surface area contributed by atoms with Gasteiger partial charge in [-0.05, 0) is 12.3 Å². The van der Waals surface area contributed by atoms with Crippen LogP contribution in [0, 0.1) is 11.3 Å². The van der Waals surface area contributed by atoms with Gasteiger partial charge in [-0.25, -0.2) is 0 Å². The smallest absolute Gasteiger partial charge is 0.302 e. The predicted molar refractivity (Wildman–Crippen MR) is 45.9 cm³/mol. The fourth-order valence-corrected chi connectivity index (χ4v) is 1.60. The molecule has 3 atom stereocenters. The van der Waals surface area contributed by atoms with E-state index in [9.17, 15) is 9.90 Å². The Bertz CT molecular complexity index is 204. The van der Waals surface area contributed by atoms with E-state index in [0.29, 0.717) is 6.61 Å². The van der Waals surface area contributed by atoms with Gasteiger partial charge in [-0.2, -0.15) is 0 Å². The van der Waals surface area contributed by atoms with Crippen LogP contribution >= 0.6 is 0 Å². The number of esters is 1. The Morgan fingerprint density at radius 3 is 2.85 bits per heavy atom. The first kappa shape index (κ1) is 10.5. The van der Waals surface area contributed by atoms with E-state index in [1.807, 2.05) is 6.92 Å². The minimum atomic E-state index is -0.680. The zero-order valence-corrected chi connectivity index (χ0v) is 7.99. The second-order valence-electron chi connectivity index (χ2n) is 3.99. The van der Waals surface area contributed by atoms with Crippen LogP contribution in [0.5, 0.6) is 0 Å². The standard InChI is InChI=1S/C9H16O4/c1-6(11)13-5-9(2)3-7(9)8(12)4-10/h7-8,10,12H,3-5H2,1-2H3/t7-,8+,9-/m1/s1. The first-order valence-corrected chi connectivity index (χ1v) is 4.42. The maximum Gasteiger partial charge on any atom is 0.302 e. The average molecular weight is 188 g/mol. The summed E-state index contributed by atoms with van der Waals surface area (Å²) < 4.78 is 4.86. The largest absolute Gasteiger partial charge is 0.465 e. The Morgan fingerprint density at radius 2 is 2.38 bits per heavy atom. The third-order valence-electron chi connectivity index (χ3n) is 2.68. The van der Waals surface area contributed by atoms with Gasteiger partial charge in [-0.15, -0.1) is 0 Å². The summed E-state index contributed by atoms with van der Waals surface area (Å²) in [5.74, 6) is -0.234. The molecule has 0 unspecified atom stereocenters. The fraction of sp³-hybridized carbons (Fsp3) is 0.889. The summed E-state index contributed by atoms with van der Waals surface area (Å²) in [5, 5.41) is 18.0. The molecule has 0 radical (unpaired) electrons. The number of hydrogen-bond donors (Lipinski definition) is 2. The lowest BCUT2D eigenvalue weighted by Crippen LogP contribution is -2.21. The van der Waals surface area contributed by atoms with E-state index in [4.69, 9.17) is 9.84 Å². The van der Waals surface area contributed by atoms with Gasteiger partial charge in [0.05, 0.1) is 19.3 Å². The normalized spacial score (nSPS) is 34.0. The van der Waals surface area contributed by atoms with Gasteiger partial charge >= 0.3 is 5.97 Å². The molecule has 4 nitrogen and oxygen atoms in total. The molecule has 0 heterocycles. The maximum atomic E-state index is 10.5. The number of ether oxygens (including phenoxy) is 1. The lowest BCUT2D eigenvalue weighted by atomic mass is 10.1. The number of aliphatic hydroxyl groups is 2. The lowest BCUT2D eigenvalue weighted by molar-refractivity contribution is -0.143. The molecule has 0 aliphatic heterocycles. The van der Waals surface area contributed by atoms with E-state index in [0.717, 1.165) is 6.42 Å². The first-order chi connectivity index (χ1) is 5.99. The van der Waals surface area contributed by atoms with Crippen LogP contribution in [0.15, 0.2) is 0 Å². The molecule has 1 rings (SSSR count). The molecule has 4 heteroatoms. The van der Waals surface area contributed by atoms with Crippen molar-refractivity contribution in [1.82, 2.24) is 0 Å². The van der Waals surface area contributed by atoms with Crippen molar-refractivity contribution in [3.63, 3.8) is 0 Å². The molecule has 2 N–H and O–H groups in total. The highest BCUT2D eigenvalue weighted by Gasteiger charge is 2.54. The highest BCUT2D eigenvalue weighted by Crippen LogP contribution is 2.54. The zero-order chi connectivity index (χ0) is 10.1. The van der Waals surface area contributed by atoms with Crippen molar-refractivity contribution in [2.75, 3.05) is 13.2 Å². The van der Waals surface area contributed by atoms with Crippen molar-refractivity contribution < 1.29 is 19.7 Å². The number of aliphatic hydroxyl groups excluding tert-OH is 2. The molecule has 0 amide bonds. The first-order valence-electron chi connectivity index (χ1n) is 4.42. The lowest BCUT2D eigenvalue weighted by Gasteiger charge is -2.13. The van der Waals surface area contributed by atoms with Crippen LogP contribution in [0.2, 0.25) is 0 Å². The summed E-state index contributed by atoms with van der Waals surface area (Å²) in [4.78, 5) is 10.5. The number of rotatable bonds is 4. The summed E-state index contributed by atoms with van der Waals surface area (Å²) in [7, 11) is 0. The van der Waals surface area contributed by atoms with Gasteiger partial charge < -0.3 is 14.9 Å². The van der Waals surface area contributed by atoms with Gasteiger partial charge in [0, 0.05) is 12.3 Å². The predicted octanol–water partition coefficient (Wildman–Crippen LogP) is -0.0711. The van der Waals surface area contributed by atoms with Crippen molar-refractivity contribution >= 4 is 5.97 Å². The van der Waals surface area contributed by atoms with Crippen molar-refractivity contribution in [3.8, 4) is 0 Å². The van der Waals surface area contributed by atoms with Crippen molar-refractivity contribution in [1.29, 1.82) is 0 Å². The number of hydrogen-bond acceptors (Lipinski definition) is 4. The van der Waals surface area contributed by atoms with Crippen molar-refractivity contribution in [2.24, 2.45) is 11.3 Å². The Morgan fingerprint density at radius 1 is 1.77 bits per heavy atom. The van der Waals surface area contributed by atoms with E-state index in [-0.39, 0.29) is 23.9 Å². The van der Waals surface area contributed by atoms with Crippen LogP contribution in [0.3, 0.4) is 0 Å². The molecule has 0 aromatic heterocycles. The molecule has 0 spiro atoms. The van der Waals surface area contributed by atoms with Gasteiger partial charge in [0.25, 0.3) is 0 Å². The van der Waals surface area contributed by atoms with Gasteiger partial charge in [0.1, 0.15) is 0 Å². The van der Waals surface area contributed by atoms with E-state index in [1.165, 1.54) is 6.92 Å². The molecule has 1 fully saturated rings. The second-order valence-corrected chi connectivity index (χ2v) is 3.99. The highest BCUT2D eigenvalue weighted by atomic mass is 16.5. The topological polar surface area (TPSA) is 66.8 Å². The molecule has 1 aliphatic rings. The van der Waals surface area contributed by atoms with Crippen LogP contribution < -0.4 is 0 Å². The van der Waals surface area contributed by atoms with Crippen LogP contribution in [0.25, 0.3) is 0 Å². The third kappa shape index (κ3) is 2.42. The summed E-state index contributed by atoms with van der Waals surface area (Å²) >= 11 is 0. The summed E-state index contributed by atoms with van der Waals surface area (Å²) in [5.41, 5.74) is -0.131. The van der Waals surface area contributed by atoms with Crippen LogP contribution in [-0.4, -0.2) is 35.5 Å². The average Bonchev–Trinajstić information content (AvgIpc) is 2.74. The van der Waals surface area contributed by atoms with Gasteiger partial charge in [-0.1, -0.05) is 6.92 Å². The van der Waals surface area contributed by atoms with Crippen molar-refractivity contribution in [2.45, 2.75) is 26.4 Å². The molecule has 1 aliphatic carbocycles. The fourth-order valence-electron chi connectivity index (χ4n) is 1.60. The van der Waals surface area contributed by atoms with Crippen LogP contribution in [-0.2, 0) is 9.53 Å². The Kier molecular flexibility index (Phi) is 2.93. The molecule has 0 aromatic carbocycles. The third-order valence-corrected chi connectivity index (χ3v) is 2.68. The SMILES string of the molecule is CC(=O)OC[C@@]1(C)C[C@@H]1[C@@H](O)CO. The van der Waals surface area contributed by atoms with E-state index < -0.39 is 6.10 Å². The number of carbonyl (C=O) groups excluding carboxylic acids is 1. The van der Waals surface area contributed by atoms with Crippen molar-refractivity contribution in [3.05, 3.63) is 0 Å². The Labute approximate surface area is 77.5 Å². The molecule has 0 bridgehead atoms. The van der Waals surface area contributed by atoms with Crippen LogP contribution in [0.1, 0.15) is 20.3 Å². The molecular weight excluding hydrogens is 172 g/mol. The van der Waals surface area contributed by atoms with E-state index in [2.05, 4.69) is 0 Å². The highest BCUT2D eigenvalue weighted by molar-refractivity contribution is 5.65.